The molecule has 0 aliphatic carbocycles. The predicted molar refractivity (Wildman–Crippen MR) is 169 cm³/mol. The molecule has 0 aliphatic heterocycles. The number of aryl methyl sites for hydroxylation is 2. The Labute approximate surface area is 252 Å². The predicted octanol–water partition coefficient (Wildman–Crippen LogP) is 8.48. The van der Waals surface area contributed by atoms with Crippen LogP contribution in [-0.4, -0.2) is 36.2 Å². The van der Waals surface area contributed by atoms with E-state index in [1.54, 1.807) is 12.5 Å². The second-order valence-electron chi connectivity index (χ2n) is 11.3. The van der Waals surface area contributed by atoms with Crippen LogP contribution >= 0.6 is 22.9 Å². The number of benzene rings is 3. The molecule has 9 heteroatoms. The van der Waals surface area contributed by atoms with Gasteiger partial charge in [-0.1, -0.05) is 29.8 Å². The molecule has 0 saturated carbocycles. The van der Waals surface area contributed by atoms with Crippen molar-refractivity contribution in [1.29, 1.82) is 0 Å². The summed E-state index contributed by atoms with van der Waals surface area (Å²) >= 11 is 7.74. The number of rotatable bonds is 6. The minimum absolute atomic E-state index is 0.599. The van der Waals surface area contributed by atoms with Gasteiger partial charge in [0.25, 0.3) is 0 Å². The summed E-state index contributed by atoms with van der Waals surface area (Å²) in [5.74, 6) is -1.05. The highest BCUT2D eigenvalue weighted by Gasteiger charge is 2.32. The first-order valence-electron chi connectivity index (χ1n) is 13.5. The fraction of sp³-hybridized carbons (Fsp3) is 0.212. The number of carboxylic acid groups (broad SMARTS) is 1. The summed E-state index contributed by atoms with van der Waals surface area (Å²) in [6, 6.07) is 17.6. The average molecular weight is 597 g/mol. The van der Waals surface area contributed by atoms with Crippen molar-refractivity contribution in [2.24, 2.45) is 7.05 Å². The molecular formula is C33H29ClN4O3S. The third-order valence-electron chi connectivity index (χ3n) is 7.06. The first-order chi connectivity index (χ1) is 20.0. The zero-order chi connectivity index (χ0) is 29.8. The number of aliphatic carboxylic acids is 1. The minimum Gasteiger partial charge on any atom is -0.479 e. The summed E-state index contributed by atoms with van der Waals surface area (Å²) in [4.78, 5) is 26.7. The number of nitrogens with zero attached hydrogens (tertiary/aromatic N) is 4. The Kier molecular flexibility index (Phi) is 7.09. The van der Waals surface area contributed by atoms with E-state index in [4.69, 9.17) is 21.3 Å². The minimum atomic E-state index is -1.17. The van der Waals surface area contributed by atoms with Crippen molar-refractivity contribution in [1.82, 2.24) is 19.5 Å². The van der Waals surface area contributed by atoms with Gasteiger partial charge in [0.2, 0.25) is 0 Å². The van der Waals surface area contributed by atoms with Gasteiger partial charge in [0.15, 0.2) is 6.10 Å². The summed E-state index contributed by atoms with van der Waals surface area (Å²) in [6.45, 7) is 7.48. The number of thiazole rings is 1. The molecule has 6 aromatic rings. The van der Waals surface area contributed by atoms with Crippen LogP contribution in [-0.2, 0) is 16.6 Å². The number of halogens is 1. The maximum atomic E-state index is 12.6. The van der Waals surface area contributed by atoms with Crippen LogP contribution in [0.1, 0.15) is 38.0 Å². The Bertz CT molecular complexity index is 1970. The first-order valence-corrected chi connectivity index (χ1v) is 14.7. The van der Waals surface area contributed by atoms with Crippen LogP contribution in [0, 0.1) is 6.92 Å². The fourth-order valence-corrected chi connectivity index (χ4v) is 6.42. The largest absolute Gasteiger partial charge is 0.479 e. The normalized spacial score (nSPS) is 12.7. The average Bonchev–Trinajstić information content (AvgIpc) is 3.54. The van der Waals surface area contributed by atoms with Gasteiger partial charge in [-0.2, -0.15) is 0 Å². The van der Waals surface area contributed by atoms with Crippen molar-refractivity contribution in [3.05, 3.63) is 89.5 Å². The molecule has 212 valence electrons. The van der Waals surface area contributed by atoms with E-state index in [0.29, 0.717) is 10.6 Å². The van der Waals surface area contributed by atoms with Gasteiger partial charge in [-0.15, -0.1) is 11.3 Å². The number of hydrogen-bond donors (Lipinski definition) is 1. The van der Waals surface area contributed by atoms with Crippen LogP contribution in [0.3, 0.4) is 0 Å². The number of hydrogen-bond acceptors (Lipinski definition) is 6. The standard InChI is InChI=1S/C33H29ClN4O3S/c1-18-12-25-30(28(19-6-9-23(34)10-7-19)27(18)29(32(39)40)41-33(2,3)4)42-31(37-25)22-13-21(15-35-16-22)20-8-11-26-24(14-20)36-17-38(26)5/h6-17,29H,1-5H3,(H,39,40)/t29-/m0/s1. The maximum Gasteiger partial charge on any atom is 0.337 e. The van der Waals surface area contributed by atoms with Crippen LogP contribution in [0.5, 0.6) is 0 Å². The number of imidazole rings is 1. The van der Waals surface area contributed by atoms with E-state index in [0.717, 1.165) is 59.6 Å². The Morgan fingerprint density at radius 3 is 2.40 bits per heavy atom. The number of fused-ring (bicyclic) bond motifs is 2. The zero-order valence-electron chi connectivity index (χ0n) is 23.8. The van der Waals surface area contributed by atoms with Crippen molar-refractivity contribution < 1.29 is 14.6 Å². The number of carbonyl (C=O) groups is 1. The quantitative estimate of drug-likeness (QED) is 0.207. The molecule has 0 spiro atoms. The molecule has 6 rings (SSSR count). The summed E-state index contributed by atoms with van der Waals surface area (Å²) in [6.07, 6.45) is 4.28. The van der Waals surface area contributed by atoms with E-state index in [9.17, 15) is 9.90 Å². The third-order valence-corrected chi connectivity index (χ3v) is 8.45. The molecule has 7 nitrogen and oxygen atoms in total. The van der Waals surface area contributed by atoms with Crippen LogP contribution in [0.2, 0.25) is 5.02 Å². The van der Waals surface area contributed by atoms with Crippen molar-refractivity contribution in [3.8, 4) is 32.8 Å². The van der Waals surface area contributed by atoms with Gasteiger partial charge in [0.1, 0.15) is 5.01 Å². The van der Waals surface area contributed by atoms with E-state index in [-0.39, 0.29) is 0 Å². The second kappa shape index (κ2) is 10.6. The van der Waals surface area contributed by atoms with Gasteiger partial charge < -0.3 is 14.4 Å². The molecule has 0 amide bonds. The third kappa shape index (κ3) is 5.29. The smallest absolute Gasteiger partial charge is 0.337 e. The summed E-state index contributed by atoms with van der Waals surface area (Å²) in [5.41, 5.74) is 7.95. The van der Waals surface area contributed by atoms with Gasteiger partial charge in [-0.05, 0) is 80.8 Å². The Balaban J connectivity index is 1.53. The number of carboxylic acids is 1. The lowest BCUT2D eigenvalue weighted by molar-refractivity contribution is -0.160. The molecule has 0 radical (unpaired) electrons. The number of aromatic nitrogens is 4. The SMILES string of the molecule is Cc1cc2nc(-c3cncc(-c4ccc5c(c4)ncn5C)c3)sc2c(-c2ccc(Cl)cc2)c1[C@H](OC(C)(C)C)C(=O)O. The summed E-state index contributed by atoms with van der Waals surface area (Å²) < 4.78 is 8.99. The van der Waals surface area contributed by atoms with E-state index in [1.165, 1.54) is 11.3 Å². The van der Waals surface area contributed by atoms with Crippen molar-refractivity contribution in [2.45, 2.75) is 39.4 Å². The lowest BCUT2D eigenvalue weighted by Crippen LogP contribution is -2.28. The highest BCUT2D eigenvalue weighted by molar-refractivity contribution is 7.22. The molecule has 0 unspecified atom stereocenters. The summed E-state index contributed by atoms with van der Waals surface area (Å²) in [7, 11) is 1.98. The van der Waals surface area contributed by atoms with Gasteiger partial charge in [-0.25, -0.2) is 14.8 Å². The second-order valence-corrected chi connectivity index (χ2v) is 12.8. The maximum absolute atomic E-state index is 12.6. The highest BCUT2D eigenvalue weighted by atomic mass is 35.5. The molecule has 0 aliphatic rings. The van der Waals surface area contributed by atoms with Crippen LogP contribution in [0.25, 0.3) is 54.1 Å². The molecule has 0 saturated heterocycles. The first kappa shape index (κ1) is 28.0. The van der Waals surface area contributed by atoms with Crippen molar-refractivity contribution >= 4 is 50.2 Å². The molecule has 3 aromatic carbocycles. The van der Waals surface area contributed by atoms with Crippen molar-refractivity contribution in [2.75, 3.05) is 0 Å². The van der Waals surface area contributed by atoms with Gasteiger partial charge in [-0.3, -0.25) is 4.98 Å². The molecule has 0 bridgehead atoms. The topological polar surface area (TPSA) is 90.1 Å². The molecule has 1 N–H and O–H groups in total. The molecule has 3 aromatic heterocycles. The Morgan fingerprint density at radius 1 is 0.976 bits per heavy atom. The molecule has 0 fully saturated rings. The van der Waals surface area contributed by atoms with E-state index in [2.05, 4.69) is 34.2 Å². The number of ether oxygens (including phenoxy) is 1. The monoisotopic (exact) mass is 596 g/mol. The Morgan fingerprint density at radius 2 is 1.69 bits per heavy atom. The van der Waals surface area contributed by atoms with Gasteiger partial charge >= 0.3 is 5.97 Å². The van der Waals surface area contributed by atoms with E-state index < -0.39 is 17.7 Å². The Hall–Kier alpha value is -4.11. The lowest BCUT2D eigenvalue weighted by Gasteiger charge is -2.28. The van der Waals surface area contributed by atoms with Crippen LogP contribution in [0.15, 0.2) is 73.3 Å². The van der Waals surface area contributed by atoms with E-state index in [1.807, 2.05) is 75.8 Å². The fourth-order valence-electron chi connectivity index (χ4n) is 5.19. The van der Waals surface area contributed by atoms with Gasteiger partial charge in [0.05, 0.1) is 33.2 Å². The number of pyridine rings is 1. The lowest BCUT2D eigenvalue weighted by atomic mass is 9.91. The molecule has 3 heterocycles. The van der Waals surface area contributed by atoms with Crippen molar-refractivity contribution in [3.63, 3.8) is 0 Å². The summed E-state index contributed by atoms with van der Waals surface area (Å²) in [5, 5.41) is 11.7. The van der Waals surface area contributed by atoms with Gasteiger partial charge in [0, 0.05) is 46.7 Å². The van der Waals surface area contributed by atoms with Crippen LogP contribution in [0.4, 0.5) is 0 Å². The molecule has 1 atom stereocenters. The molecular weight excluding hydrogens is 568 g/mol. The highest BCUT2D eigenvalue weighted by Crippen LogP contribution is 2.44. The zero-order valence-corrected chi connectivity index (χ0v) is 25.4. The van der Waals surface area contributed by atoms with E-state index >= 15 is 0 Å². The molecule has 42 heavy (non-hydrogen) atoms. The van der Waals surface area contributed by atoms with Crippen LogP contribution < -0.4 is 0 Å².